The topological polar surface area (TPSA) is 55.2 Å². The molecule has 0 atom stereocenters. The maximum atomic E-state index is 13.1. The highest BCUT2D eigenvalue weighted by Crippen LogP contribution is 2.28. The van der Waals surface area contributed by atoms with Crippen LogP contribution in [0.25, 0.3) is 10.2 Å². The summed E-state index contributed by atoms with van der Waals surface area (Å²) in [6.07, 6.45) is 6.95. The van der Waals surface area contributed by atoms with Crippen LogP contribution in [0.5, 0.6) is 0 Å². The van der Waals surface area contributed by atoms with Crippen molar-refractivity contribution in [2.24, 2.45) is 7.05 Å². The van der Waals surface area contributed by atoms with Crippen LogP contribution in [0.4, 0.5) is 0 Å². The molecule has 0 spiro atoms. The van der Waals surface area contributed by atoms with Crippen LogP contribution < -0.4 is 5.56 Å². The van der Waals surface area contributed by atoms with E-state index >= 15 is 0 Å². The Kier molecular flexibility index (Phi) is 4.92. The van der Waals surface area contributed by atoms with Crippen LogP contribution >= 0.6 is 11.3 Å². The van der Waals surface area contributed by atoms with Gasteiger partial charge < -0.3 is 9.47 Å². The van der Waals surface area contributed by atoms with E-state index in [0.717, 1.165) is 11.1 Å². The predicted molar refractivity (Wildman–Crippen MR) is 104 cm³/mol. The molecule has 2 heterocycles. The van der Waals surface area contributed by atoms with Gasteiger partial charge in [0, 0.05) is 13.6 Å². The largest absolute Gasteiger partial charge is 0.322 e. The number of nitrogens with zero attached hydrogens (tertiary/aromatic N) is 3. The van der Waals surface area contributed by atoms with E-state index in [1.165, 1.54) is 22.2 Å². The number of thiophene rings is 1. The summed E-state index contributed by atoms with van der Waals surface area (Å²) in [6.45, 7) is 4.42. The van der Waals surface area contributed by atoms with Gasteiger partial charge in [-0.25, -0.2) is 4.98 Å². The summed E-state index contributed by atoms with van der Waals surface area (Å²) in [5.41, 5.74) is 2.68. The second-order valence-corrected chi connectivity index (χ2v) is 7.25. The van der Waals surface area contributed by atoms with E-state index in [1.54, 1.807) is 18.9 Å². The number of aryl methyl sites for hydroxylation is 3. The third-order valence-corrected chi connectivity index (χ3v) is 5.46. The molecule has 1 aromatic carbocycles. The molecule has 1 amide bonds. The highest BCUT2D eigenvalue weighted by Gasteiger charge is 2.23. The third kappa shape index (κ3) is 3.26. The fourth-order valence-corrected chi connectivity index (χ4v) is 3.89. The van der Waals surface area contributed by atoms with Crippen molar-refractivity contribution in [3.8, 4) is 12.3 Å². The molecule has 3 aromatic rings. The zero-order valence-corrected chi connectivity index (χ0v) is 15.8. The molecule has 0 unspecified atom stereocenters. The lowest BCUT2D eigenvalue weighted by Gasteiger charge is -2.20. The number of hydrogen-bond donors (Lipinski definition) is 0. The maximum Gasteiger partial charge on any atom is 0.265 e. The number of carbonyl (C=O) groups excluding carboxylic acids is 1. The van der Waals surface area contributed by atoms with Crippen LogP contribution in [0, 0.1) is 26.2 Å². The van der Waals surface area contributed by atoms with Gasteiger partial charge in [0.15, 0.2) is 0 Å². The summed E-state index contributed by atoms with van der Waals surface area (Å²) in [6, 6.07) is 7.99. The van der Waals surface area contributed by atoms with Gasteiger partial charge in [0.25, 0.3) is 11.5 Å². The van der Waals surface area contributed by atoms with Crippen LogP contribution in [-0.4, -0.2) is 26.9 Å². The molecule has 132 valence electrons. The summed E-state index contributed by atoms with van der Waals surface area (Å²) >= 11 is 1.24. The molecule has 26 heavy (non-hydrogen) atoms. The number of amides is 1. The molecular formula is C20H19N3O2S. The first-order chi connectivity index (χ1) is 12.4. The Morgan fingerprint density at radius 1 is 1.31 bits per heavy atom. The average Bonchev–Trinajstić information content (AvgIpc) is 2.96. The molecule has 0 fully saturated rings. The first kappa shape index (κ1) is 17.9. The van der Waals surface area contributed by atoms with Gasteiger partial charge in [-0.3, -0.25) is 9.59 Å². The summed E-state index contributed by atoms with van der Waals surface area (Å²) in [7, 11) is 1.65. The van der Waals surface area contributed by atoms with Crippen molar-refractivity contribution in [1.29, 1.82) is 0 Å². The molecule has 0 saturated heterocycles. The molecule has 0 N–H and O–H groups in total. The van der Waals surface area contributed by atoms with E-state index in [2.05, 4.69) is 10.9 Å². The molecule has 3 rings (SSSR count). The number of aromatic nitrogens is 2. The maximum absolute atomic E-state index is 13.1. The minimum Gasteiger partial charge on any atom is -0.322 e. The minimum absolute atomic E-state index is 0.148. The summed E-state index contributed by atoms with van der Waals surface area (Å²) < 4.78 is 1.42. The number of terminal acetylenes is 1. The smallest absolute Gasteiger partial charge is 0.265 e. The van der Waals surface area contributed by atoms with Crippen LogP contribution in [0.2, 0.25) is 0 Å². The molecule has 2 aromatic heterocycles. The van der Waals surface area contributed by atoms with E-state index in [4.69, 9.17) is 6.42 Å². The zero-order chi connectivity index (χ0) is 18.8. The predicted octanol–water partition coefficient (Wildman–Crippen LogP) is 2.89. The lowest BCUT2D eigenvalue weighted by molar-refractivity contribution is 0.0770. The monoisotopic (exact) mass is 365 g/mol. The highest BCUT2D eigenvalue weighted by molar-refractivity contribution is 7.20. The lowest BCUT2D eigenvalue weighted by Crippen LogP contribution is -2.30. The Bertz CT molecular complexity index is 1070. The molecule has 0 aliphatic carbocycles. The average molecular weight is 365 g/mol. The van der Waals surface area contributed by atoms with Gasteiger partial charge in [-0.1, -0.05) is 35.7 Å². The molecule has 0 aliphatic heterocycles. The molecule has 0 radical (unpaired) electrons. The summed E-state index contributed by atoms with van der Waals surface area (Å²) in [5.74, 6) is 2.38. The van der Waals surface area contributed by atoms with Gasteiger partial charge in [-0.15, -0.1) is 17.8 Å². The Hall–Kier alpha value is -2.91. The summed E-state index contributed by atoms with van der Waals surface area (Å²) in [4.78, 5) is 32.5. The van der Waals surface area contributed by atoms with Crippen molar-refractivity contribution in [2.75, 3.05) is 6.54 Å². The van der Waals surface area contributed by atoms with E-state index in [0.29, 0.717) is 27.2 Å². The van der Waals surface area contributed by atoms with E-state index in [9.17, 15) is 9.59 Å². The Morgan fingerprint density at radius 2 is 2.00 bits per heavy atom. The number of fused-ring (bicyclic) bond motifs is 1. The molecule has 5 nitrogen and oxygen atoms in total. The Balaban J connectivity index is 1.99. The van der Waals surface area contributed by atoms with Gasteiger partial charge >= 0.3 is 0 Å². The second-order valence-electron chi connectivity index (χ2n) is 6.25. The Labute approximate surface area is 155 Å². The van der Waals surface area contributed by atoms with Gasteiger partial charge in [0.1, 0.15) is 4.83 Å². The quantitative estimate of drug-likeness (QED) is 0.668. The highest BCUT2D eigenvalue weighted by atomic mass is 32.1. The van der Waals surface area contributed by atoms with Gasteiger partial charge in [-0.05, 0) is 25.0 Å². The molecule has 6 heteroatoms. The van der Waals surface area contributed by atoms with Crippen LogP contribution in [0.1, 0.15) is 26.4 Å². The molecular weight excluding hydrogens is 346 g/mol. The fraction of sp³-hybridized carbons (Fsp3) is 0.250. The van der Waals surface area contributed by atoms with Crippen LogP contribution in [0.15, 0.2) is 35.4 Å². The van der Waals surface area contributed by atoms with Crippen molar-refractivity contribution in [1.82, 2.24) is 14.5 Å². The van der Waals surface area contributed by atoms with Crippen molar-refractivity contribution >= 4 is 27.5 Å². The zero-order valence-electron chi connectivity index (χ0n) is 14.9. The van der Waals surface area contributed by atoms with Gasteiger partial charge in [0.05, 0.1) is 23.1 Å². The van der Waals surface area contributed by atoms with Gasteiger partial charge in [0.2, 0.25) is 0 Å². The van der Waals surface area contributed by atoms with Crippen LogP contribution in [-0.2, 0) is 13.6 Å². The second kappa shape index (κ2) is 7.14. The van der Waals surface area contributed by atoms with E-state index in [-0.39, 0.29) is 18.0 Å². The lowest BCUT2D eigenvalue weighted by atomic mass is 10.1. The van der Waals surface area contributed by atoms with Crippen molar-refractivity contribution < 1.29 is 4.79 Å². The fourth-order valence-electron chi connectivity index (χ4n) is 2.78. The minimum atomic E-state index is -0.175. The SMILES string of the molecule is C#CCN(Cc1ccc(C)cc1)C(=O)c1sc2ncn(C)c(=O)c2c1C. The van der Waals surface area contributed by atoms with Crippen molar-refractivity contribution in [2.45, 2.75) is 20.4 Å². The van der Waals surface area contributed by atoms with Crippen molar-refractivity contribution in [3.05, 3.63) is 62.5 Å². The summed E-state index contributed by atoms with van der Waals surface area (Å²) in [5, 5.41) is 0.499. The van der Waals surface area contributed by atoms with E-state index < -0.39 is 0 Å². The molecule has 0 aliphatic rings. The molecule has 0 bridgehead atoms. The first-order valence-electron chi connectivity index (χ1n) is 8.15. The Morgan fingerprint density at radius 3 is 2.65 bits per heavy atom. The van der Waals surface area contributed by atoms with Crippen LogP contribution in [0.3, 0.4) is 0 Å². The number of rotatable bonds is 4. The normalized spacial score (nSPS) is 10.7. The number of hydrogen-bond acceptors (Lipinski definition) is 4. The standard InChI is InChI=1S/C20H19N3O2S/c1-5-10-23(11-15-8-6-13(2)7-9-15)20(25)17-14(3)16-18(26-17)21-12-22(4)19(16)24/h1,6-9,12H,10-11H2,2-4H3. The number of benzene rings is 1. The number of carbonyl (C=O) groups is 1. The van der Waals surface area contributed by atoms with E-state index in [1.807, 2.05) is 31.2 Å². The third-order valence-electron chi connectivity index (χ3n) is 4.27. The first-order valence-corrected chi connectivity index (χ1v) is 8.97. The van der Waals surface area contributed by atoms with Gasteiger partial charge in [-0.2, -0.15) is 0 Å². The van der Waals surface area contributed by atoms with Crippen molar-refractivity contribution in [3.63, 3.8) is 0 Å². The molecule has 0 saturated carbocycles.